The molecule has 4 aromatic rings. The number of aliphatic hydroxyl groups is 1. The van der Waals surface area contributed by atoms with Gasteiger partial charge in [0.25, 0.3) is 5.91 Å². The fraction of sp³-hybridized carbons (Fsp3) is 0.130. The average Bonchev–Trinajstić information content (AvgIpc) is 3.26. The highest BCUT2D eigenvalue weighted by Crippen LogP contribution is 2.25. The Bertz CT molecular complexity index is 1100. The van der Waals surface area contributed by atoms with Crippen LogP contribution in [-0.2, 0) is 0 Å². The zero-order valence-corrected chi connectivity index (χ0v) is 15.4. The van der Waals surface area contributed by atoms with Crippen LogP contribution in [0.15, 0.2) is 77.4 Å². The Morgan fingerprint density at radius 3 is 2.64 bits per heavy atom. The van der Waals surface area contributed by atoms with Gasteiger partial charge < -0.3 is 14.8 Å². The van der Waals surface area contributed by atoms with E-state index in [0.29, 0.717) is 11.3 Å². The number of amides is 1. The first-order valence-electron chi connectivity index (χ1n) is 9.08. The summed E-state index contributed by atoms with van der Waals surface area (Å²) in [5.41, 5.74) is 4.11. The number of para-hydroxylation sites is 1. The molecule has 140 valence electrons. The smallest absolute Gasteiger partial charge is 0.252 e. The summed E-state index contributed by atoms with van der Waals surface area (Å²) in [6.07, 6.45) is 0.591. The first-order valence-corrected chi connectivity index (χ1v) is 9.08. The van der Waals surface area contributed by atoms with E-state index in [1.54, 1.807) is 18.2 Å². The normalized spacial score (nSPS) is 12.1. The molecule has 5 nitrogen and oxygen atoms in total. The second-order valence-corrected chi connectivity index (χ2v) is 6.68. The van der Waals surface area contributed by atoms with Gasteiger partial charge in [-0.3, -0.25) is 4.79 Å². The van der Waals surface area contributed by atoms with Crippen LogP contribution in [-0.4, -0.2) is 22.5 Å². The van der Waals surface area contributed by atoms with Gasteiger partial charge in [-0.15, -0.1) is 0 Å². The van der Waals surface area contributed by atoms with Crippen molar-refractivity contribution in [1.29, 1.82) is 0 Å². The van der Waals surface area contributed by atoms with Crippen LogP contribution in [0.4, 0.5) is 0 Å². The number of benzene rings is 2. The van der Waals surface area contributed by atoms with Gasteiger partial charge in [-0.05, 0) is 31.2 Å². The molecule has 2 N–H and O–H groups in total. The number of nitrogens with zero attached hydrogens (tertiary/aromatic N) is 1. The van der Waals surface area contributed by atoms with Crippen molar-refractivity contribution in [1.82, 2.24) is 10.3 Å². The summed E-state index contributed by atoms with van der Waals surface area (Å²) in [6, 6.07) is 20.7. The molecule has 0 aliphatic carbocycles. The number of pyridine rings is 1. The Morgan fingerprint density at radius 1 is 1.11 bits per heavy atom. The van der Waals surface area contributed by atoms with Crippen molar-refractivity contribution < 1.29 is 14.3 Å². The van der Waals surface area contributed by atoms with Crippen molar-refractivity contribution in [3.05, 3.63) is 89.9 Å². The quantitative estimate of drug-likeness (QED) is 0.549. The molecule has 0 saturated carbocycles. The number of aliphatic hydroxyl groups excluding tert-OH is 1. The topological polar surface area (TPSA) is 75.4 Å². The van der Waals surface area contributed by atoms with E-state index in [1.165, 1.54) is 6.26 Å². The van der Waals surface area contributed by atoms with Crippen molar-refractivity contribution in [2.24, 2.45) is 0 Å². The Morgan fingerprint density at radius 2 is 1.89 bits per heavy atom. The molecule has 4 rings (SSSR count). The molecule has 1 amide bonds. The molecule has 1 atom stereocenters. The molecule has 0 bridgehead atoms. The predicted octanol–water partition coefficient (Wildman–Crippen LogP) is 4.27. The van der Waals surface area contributed by atoms with Gasteiger partial charge in [0, 0.05) is 10.9 Å². The van der Waals surface area contributed by atoms with Gasteiger partial charge in [-0.1, -0.05) is 48.0 Å². The van der Waals surface area contributed by atoms with Crippen LogP contribution in [0.25, 0.3) is 22.2 Å². The molecule has 2 aromatic heterocycles. The summed E-state index contributed by atoms with van der Waals surface area (Å²) in [5, 5.41) is 13.7. The molecule has 2 heterocycles. The van der Waals surface area contributed by atoms with E-state index < -0.39 is 6.10 Å². The minimum atomic E-state index is -0.899. The fourth-order valence-corrected chi connectivity index (χ4v) is 3.10. The molecule has 28 heavy (non-hydrogen) atoms. The summed E-state index contributed by atoms with van der Waals surface area (Å²) in [4.78, 5) is 17.6. The second-order valence-electron chi connectivity index (χ2n) is 6.68. The molecule has 0 aliphatic heterocycles. The minimum Gasteiger partial charge on any atom is -0.467 e. The summed E-state index contributed by atoms with van der Waals surface area (Å²) >= 11 is 0. The number of carbonyl (C=O) groups is 1. The van der Waals surface area contributed by atoms with Crippen LogP contribution in [0.3, 0.4) is 0 Å². The average molecular weight is 372 g/mol. The lowest BCUT2D eigenvalue weighted by Gasteiger charge is -2.12. The van der Waals surface area contributed by atoms with Crippen molar-refractivity contribution in [2.45, 2.75) is 13.0 Å². The number of hydrogen-bond donors (Lipinski definition) is 2. The lowest BCUT2D eigenvalue weighted by molar-refractivity contribution is 0.0902. The molecule has 1 unspecified atom stereocenters. The number of furan rings is 1. The fourth-order valence-electron chi connectivity index (χ4n) is 3.10. The molecule has 0 fully saturated rings. The number of carbonyl (C=O) groups excluding carboxylic acids is 1. The summed E-state index contributed by atoms with van der Waals surface area (Å²) in [7, 11) is 0. The molecule has 0 radical (unpaired) electrons. The van der Waals surface area contributed by atoms with Crippen LogP contribution in [0.1, 0.15) is 27.8 Å². The Kier molecular flexibility index (Phi) is 4.91. The lowest BCUT2D eigenvalue weighted by atomic mass is 10.0. The van der Waals surface area contributed by atoms with E-state index in [2.05, 4.69) is 5.32 Å². The largest absolute Gasteiger partial charge is 0.467 e. The molecule has 2 aromatic carbocycles. The van der Waals surface area contributed by atoms with Crippen molar-refractivity contribution in [3.8, 4) is 11.3 Å². The van der Waals surface area contributed by atoms with Crippen LogP contribution >= 0.6 is 0 Å². The van der Waals surface area contributed by atoms with Crippen LogP contribution in [0.5, 0.6) is 0 Å². The van der Waals surface area contributed by atoms with Crippen LogP contribution in [0, 0.1) is 6.92 Å². The zero-order valence-electron chi connectivity index (χ0n) is 15.4. The zero-order chi connectivity index (χ0) is 19.5. The highest BCUT2D eigenvalue weighted by Gasteiger charge is 2.16. The predicted molar refractivity (Wildman–Crippen MR) is 108 cm³/mol. The third-order valence-corrected chi connectivity index (χ3v) is 4.64. The van der Waals surface area contributed by atoms with E-state index in [-0.39, 0.29) is 12.5 Å². The van der Waals surface area contributed by atoms with Gasteiger partial charge >= 0.3 is 0 Å². The van der Waals surface area contributed by atoms with E-state index in [1.807, 2.05) is 55.5 Å². The van der Waals surface area contributed by atoms with E-state index in [9.17, 15) is 9.90 Å². The maximum atomic E-state index is 12.9. The molecular formula is C23H20N2O3. The van der Waals surface area contributed by atoms with Gasteiger partial charge in [0.1, 0.15) is 11.9 Å². The second kappa shape index (κ2) is 7.66. The van der Waals surface area contributed by atoms with E-state index >= 15 is 0 Å². The first kappa shape index (κ1) is 17.9. The number of hydrogen-bond acceptors (Lipinski definition) is 4. The van der Waals surface area contributed by atoms with Crippen LogP contribution < -0.4 is 5.32 Å². The summed E-state index contributed by atoms with van der Waals surface area (Å²) < 4.78 is 5.18. The van der Waals surface area contributed by atoms with Crippen molar-refractivity contribution in [3.63, 3.8) is 0 Å². The third-order valence-electron chi connectivity index (χ3n) is 4.64. The summed E-state index contributed by atoms with van der Waals surface area (Å²) in [6.45, 7) is 2.09. The van der Waals surface area contributed by atoms with Gasteiger partial charge in [0.15, 0.2) is 0 Å². The highest BCUT2D eigenvalue weighted by molar-refractivity contribution is 6.07. The SMILES string of the molecule is Cc1ccc(-c2cc(C(=O)NCC(O)c3ccco3)c3ccccc3n2)cc1. The standard InChI is InChI=1S/C23H20N2O3/c1-15-8-10-16(11-9-15)20-13-18(17-5-2-3-6-19(17)25-20)23(27)24-14-21(26)22-7-4-12-28-22/h2-13,21,26H,14H2,1H3,(H,24,27). The highest BCUT2D eigenvalue weighted by atomic mass is 16.4. The van der Waals surface area contributed by atoms with Gasteiger partial charge in [0.05, 0.1) is 29.6 Å². The number of fused-ring (bicyclic) bond motifs is 1. The van der Waals surface area contributed by atoms with Gasteiger partial charge in [-0.2, -0.15) is 0 Å². The molecule has 5 heteroatoms. The Hall–Kier alpha value is -3.44. The molecular weight excluding hydrogens is 352 g/mol. The van der Waals surface area contributed by atoms with Crippen molar-refractivity contribution in [2.75, 3.05) is 6.54 Å². The van der Waals surface area contributed by atoms with Gasteiger partial charge in [0.2, 0.25) is 0 Å². The van der Waals surface area contributed by atoms with E-state index in [4.69, 9.17) is 9.40 Å². The number of rotatable bonds is 5. The van der Waals surface area contributed by atoms with Crippen molar-refractivity contribution >= 4 is 16.8 Å². The molecule has 0 spiro atoms. The number of nitrogens with one attached hydrogen (secondary N) is 1. The van der Waals surface area contributed by atoms with Crippen LogP contribution in [0.2, 0.25) is 0 Å². The summed E-state index contributed by atoms with van der Waals surface area (Å²) in [5.74, 6) is 0.151. The Balaban J connectivity index is 1.66. The first-order chi connectivity index (χ1) is 13.6. The maximum absolute atomic E-state index is 12.9. The maximum Gasteiger partial charge on any atom is 0.252 e. The monoisotopic (exact) mass is 372 g/mol. The Labute approximate surface area is 162 Å². The lowest BCUT2D eigenvalue weighted by Crippen LogP contribution is -2.28. The molecule has 0 aliphatic rings. The number of aromatic nitrogens is 1. The van der Waals surface area contributed by atoms with Gasteiger partial charge in [-0.25, -0.2) is 4.98 Å². The number of aryl methyl sites for hydroxylation is 1. The molecule has 0 saturated heterocycles. The minimum absolute atomic E-state index is 0.0584. The van der Waals surface area contributed by atoms with E-state index in [0.717, 1.165) is 27.7 Å². The third kappa shape index (κ3) is 3.66.